The number of ether oxygens (including phenoxy) is 2. The van der Waals surface area contributed by atoms with Crippen LogP contribution in [0.1, 0.15) is 83.6 Å². The van der Waals surface area contributed by atoms with E-state index in [1.165, 1.54) is 0 Å². The predicted molar refractivity (Wildman–Crippen MR) is 158 cm³/mol. The molecule has 0 bridgehead atoms. The Morgan fingerprint density at radius 1 is 1.05 bits per heavy atom. The van der Waals surface area contributed by atoms with Crippen LogP contribution < -0.4 is 21.1 Å². The van der Waals surface area contributed by atoms with Crippen LogP contribution in [0.2, 0.25) is 0 Å². The topological polar surface area (TPSA) is 136 Å². The molecule has 5 N–H and O–H groups in total. The Bertz CT molecular complexity index is 812. The highest BCUT2D eigenvalue weighted by Crippen LogP contribution is 2.23. The fourth-order valence-electron chi connectivity index (χ4n) is 4.25. The van der Waals surface area contributed by atoms with Crippen LogP contribution in [0.25, 0.3) is 0 Å². The first-order valence-corrected chi connectivity index (χ1v) is 14.2. The Morgan fingerprint density at radius 3 is 2.36 bits per heavy atom. The number of nitrogens with two attached hydrogens (primary N) is 1. The molecule has 0 fully saturated rings. The molecular formula is C29H53ClN4O5. The van der Waals surface area contributed by atoms with Crippen LogP contribution in [0.3, 0.4) is 0 Å². The smallest absolute Gasteiger partial charge is 0.273 e. The Balaban J connectivity index is 0.0000144. The molecule has 1 heterocycles. The van der Waals surface area contributed by atoms with E-state index in [4.69, 9.17) is 15.2 Å². The molecule has 0 saturated carbocycles. The maximum absolute atomic E-state index is 13.0. The monoisotopic (exact) mass is 572 g/mol. The van der Waals surface area contributed by atoms with E-state index in [2.05, 4.69) is 36.4 Å². The van der Waals surface area contributed by atoms with Crippen molar-refractivity contribution < 1.29 is 24.2 Å². The summed E-state index contributed by atoms with van der Waals surface area (Å²) in [6, 6.07) is 2.98. The van der Waals surface area contributed by atoms with Crippen molar-refractivity contribution in [3.63, 3.8) is 0 Å². The van der Waals surface area contributed by atoms with E-state index >= 15 is 0 Å². The second kappa shape index (κ2) is 20.9. The van der Waals surface area contributed by atoms with Gasteiger partial charge in [0.05, 0.1) is 12.7 Å². The zero-order chi connectivity index (χ0) is 28.5. The number of aliphatic hydroxyl groups excluding tert-OH is 1. The van der Waals surface area contributed by atoms with E-state index in [1.54, 1.807) is 25.4 Å². The standard InChI is InChI=1S/C29H52N4O5.ClH/c1-7-8-13-32-28(35)23(21(4)5)18-25(34)24(30)17-22(20(2)3)19-33-29(36)27-26(12-11-14-31-27)38-16-10-9-15-37-6;/h11-12,14,20-25,34H,7-10,13,15-19,30H2,1-6H3,(H,32,35)(H,33,36);1H/t22-,23+,24+,25+;/m1./s1. The van der Waals surface area contributed by atoms with E-state index in [-0.39, 0.29) is 53.6 Å². The molecule has 0 aliphatic rings. The fraction of sp³-hybridized carbons (Fsp3) is 0.759. The first-order chi connectivity index (χ1) is 18.1. The van der Waals surface area contributed by atoms with Crippen molar-refractivity contribution in [1.29, 1.82) is 0 Å². The van der Waals surface area contributed by atoms with Gasteiger partial charge in [0, 0.05) is 45.0 Å². The number of pyridine rings is 1. The SMILES string of the molecule is CCCCNC(=O)[C@@H](C[C@H](O)[C@@H](N)C[C@H](CNC(=O)c1ncccc1OCCCCOC)C(C)C)C(C)C.Cl. The molecule has 0 spiro atoms. The Labute approximate surface area is 241 Å². The van der Waals surface area contributed by atoms with Gasteiger partial charge in [-0.2, -0.15) is 0 Å². The molecule has 0 saturated heterocycles. The Kier molecular flexibility index (Phi) is 19.9. The maximum atomic E-state index is 13.0. The van der Waals surface area contributed by atoms with Gasteiger partial charge in [-0.3, -0.25) is 9.59 Å². The number of aliphatic hydroxyl groups is 1. The summed E-state index contributed by atoms with van der Waals surface area (Å²) >= 11 is 0. The van der Waals surface area contributed by atoms with Crippen molar-refractivity contribution in [2.45, 2.75) is 85.3 Å². The Hall–Kier alpha value is -1.94. The molecule has 1 rings (SSSR count). The minimum Gasteiger partial charge on any atom is -0.491 e. The lowest BCUT2D eigenvalue weighted by molar-refractivity contribution is -0.127. The van der Waals surface area contributed by atoms with E-state index in [1.807, 2.05) is 13.8 Å². The molecule has 4 atom stereocenters. The third-order valence-corrected chi connectivity index (χ3v) is 6.99. The van der Waals surface area contributed by atoms with Gasteiger partial charge in [0.25, 0.3) is 5.91 Å². The van der Waals surface area contributed by atoms with Crippen molar-refractivity contribution in [1.82, 2.24) is 15.6 Å². The van der Waals surface area contributed by atoms with Gasteiger partial charge in [-0.05, 0) is 62.0 Å². The summed E-state index contributed by atoms with van der Waals surface area (Å²) in [5.74, 6) is 0.178. The molecule has 0 aromatic carbocycles. The number of carbonyl (C=O) groups excluding carboxylic acids is 2. The zero-order valence-electron chi connectivity index (χ0n) is 24.8. The summed E-state index contributed by atoms with van der Waals surface area (Å²) in [4.78, 5) is 29.9. The van der Waals surface area contributed by atoms with Crippen LogP contribution in [0.4, 0.5) is 0 Å². The van der Waals surface area contributed by atoms with Gasteiger partial charge >= 0.3 is 0 Å². The van der Waals surface area contributed by atoms with Crippen LogP contribution in [-0.4, -0.2) is 67.5 Å². The highest BCUT2D eigenvalue weighted by atomic mass is 35.5. The number of rotatable bonds is 20. The predicted octanol–water partition coefficient (Wildman–Crippen LogP) is 3.97. The van der Waals surface area contributed by atoms with Gasteiger partial charge in [-0.15, -0.1) is 12.4 Å². The van der Waals surface area contributed by atoms with E-state index in [0.717, 1.165) is 25.7 Å². The number of nitrogens with one attached hydrogen (secondary N) is 2. The number of hydrogen-bond donors (Lipinski definition) is 4. The minimum absolute atomic E-state index is 0. The highest BCUT2D eigenvalue weighted by Gasteiger charge is 2.29. The van der Waals surface area contributed by atoms with E-state index < -0.39 is 12.1 Å². The molecule has 0 unspecified atom stereocenters. The second-order valence-corrected chi connectivity index (χ2v) is 10.8. The summed E-state index contributed by atoms with van der Waals surface area (Å²) in [7, 11) is 1.67. The van der Waals surface area contributed by atoms with Crippen LogP contribution in [0.15, 0.2) is 18.3 Å². The third kappa shape index (κ3) is 14.3. The maximum Gasteiger partial charge on any atom is 0.273 e. The van der Waals surface area contributed by atoms with Gasteiger partial charge in [-0.25, -0.2) is 4.98 Å². The van der Waals surface area contributed by atoms with E-state index in [0.29, 0.717) is 44.9 Å². The van der Waals surface area contributed by atoms with Gasteiger partial charge in [0.15, 0.2) is 11.4 Å². The van der Waals surface area contributed by atoms with Crippen molar-refractivity contribution in [2.75, 3.05) is 33.4 Å². The first-order valence-electron chi connectivity index (χ1n) is 14.2. The first kappa shape index (κ1) is 37.1. The number of amides is 2. The molecule has 0 aliphatic carbocycles. The number of unbranched alkanes of at least 4 members (excludes halogenated alkanes) is 2. The number of hydrogen-bond acceptors (Lipinski definition) is 7. The number of aromatic nitrogens is 1. The van der Waals surface area contributed by atoms with Crippen molar-refractivity contribution in [3.8, 4) is 5.75 Å². The molecular weight excluding hydrogens is 520 g/mol. The zero-order valence-corrected chi connectivity index (χ0v) is 25.6. The minimum atomic E-state index is -0.815. The summed E-state index contributed by atoms with van der Waals surface area (Å²) in [6.07, 6.45) is 5.23. The highest BCUT2D eigenvalue weighted by molar-refractivity contribution is 5.94. The molecule has 2 amide bonds. The van der Waals surface area contributed by atoms with Crippen LogP contribution in [0.5, 0.6) is 5.75 Å². The average molecular weight is 573 g/mol. The molecule has 39 heavy (non-hydrogen) atoms. The van der Waals surface area contributed by atoms with Gasteiger partial charge in [-0.1, -0.05) is 41.0 Å². The lowest BCUT2D eigenvalue weighted by Crippen LogP contribution is -2.44. The summed E-state index contributed by atoms with van der Waals surface area (Å²) in [5.41, 5.74) is 6.67. The summed E-state index contributed by atoms with van der Waals surface area (Å²) < 4.78 is 10.9. The van der Waals surface area contributed by atoms with E-state index in [9.17, 15) is 14.7 Å². The molecule has 9 nitrogen and oxygen atoms in total. The third-order valence-electron chi connectivity index (χ3n) is 6.99. The Morgan fingerprint density at radius 2 is 1.74 bits per heavy atom. The summed E-state index contributed by atoms with van der Waals surface area (Å²) in [5, 5.41) is 16.9. The van der Waals surface area contributed by atoms with Gasteiger partial charge in [0.2, 0.25) is 5.91 Å². The lowest BCUT2D eigenvalue weighted by atomic mass is 9.83. The number of halogens is 1. The lowest BCUT2D eigenvalue weighted by Gasteiger charge is -2.30. The normalized spacial score (nSPS) is 14.3. The van der Waals surface area contributed by atoms with Crippen LogP contribution in [-0.2, 0) is 9.53 Å². The van der Waals surface area contributed by atoms with Crippen molar-refractivity contribution in [2.24, 2.45) is 29.4 Å². The van der Waals surface area contributed by atoms with Crippen molar-refractivity contribution >= 4 is 24.2 Å². The molecule has 0 aliphatic heterocycles. The van der Waals surface area contributed by atoms with Crippen LogP contribution in [0, 0.1) is 23.7 Å². The quantitative estimate of drug-likeness (QED) is 0.174. The summed E-state index contributed by atoms with van der Waals surface area (Å²) in [6.45, 7) is 12.4. The number of carbonyl (C=O) groups is 2. The number of nitrogens with zero attached hydrogens (tertiary/aromatic N) is 1. The van der Waals surface area contributed by atoms with Gasteiger partial charge in [0.1, 0.15) is 0 Å². The molecule has 10 heteroatoms. The largest absolute Gasteiger partial charge is 0.491 e. The average Bonchev–Trinajstić information content (AvgIpc) is 2.88. The number of methoxy groups -OCH3 is 1. The van der Waals surface area contributed by atoms with Gasteiger partial charge < -0.3 is 30.9 Å². The molecule has 0 radical (unpaired) electrons. The molecule has 1 aromatic rings. The molecule has 226 valence electrons. The van der Waals surface area contributed by atoms with Crippen LogP contribution >= 0.6 is 12.4 Å². The van der Waals surface area contributed by atoms with Crippen molar-refractivity contribution in [3.05, 3.63) is 24.0 Å². The fourth-order valence-corrected chi connectivity index (χ4v) is 4.25. The second-order valence-electron chi connectivity index (χ2n) is 10.8. The molecule has 1 aromatic heterocycles.